The van der Waals surface area contributed by atoms with Crippen LogP contribution in [0.5, 0.6) is 0 Å². The molecular weight excluding hydrogens is 204 g/mol. The van der Waals surface area contributed by atoms with Crippen LogP contribution in [0.2, 0.25) is 0 Å². The molecule has 2 unspecified atom stereocenters. The molecule has 1 aliphatic heterocycles. The van der Waals surface area contributed by atoms with Gasteiger partial charge in [0.2, 0.25) is 0 Å². The molecule has 0 radical (unpaired) electrons. The number of morpholine rings is 1. The van der Waals surface area contributed by atoms with Crippen LogP contribution in [-0.4, -0.2) is 37.7 Å². The maximum Gasteiger partial charge on any atom is 0.250 e. The van der Waals surface area contributed by atoms with Crippen LogP contribution in [-0.2, 0) is 9.53 Å². The highest BCUT2D eigenvalue weighted by atomic mass is 16.5. The van der Waals surface area contributed by atoms with E-state index in [4.69, 9.17) is 4.74 Å². The Hall–Kier alpha value is -0.610. The fourth-order valence-electron chi connectivity index (χ4n) is 1.73. The highest BCUT2D eigenvalue weighted by Crippen LogP contribution is 2.07. The Morgan fingerprint density at radius 3 is 2.75 bits per heavy atom. The molecule has 1 heterocycles. The molecule has 0 bridgehead atoms. The molecule has 0 aromatic heterocycles. The Labute approximate surface area is 98.1 Å². The Morgan fingerprint density at radius 1 is 1.44 bits per heavy atom. The van der Waals surface area contributed by atoms with Crippen LogP contribution in [0.4, 0.5) is 0 Å². The molecule has 1 saturated heterocycles. The van der Waals surface area contributed by atoms with E-state index in [1.807, 2.05) is 0 Å². The molecule has 1 rings (SSSR count). The van der Waals surface area contributed by atoms with Crippen molar-refractivity contribution >= 4 is 5.91 Å². The van der Waals surface area contributed by atoms with Gasteiger partial charge in [-0.05, 0) is 25.7 Å². The Balaban J connectivity index is 2.21. The molecule has 1 aliphatic rings. The van der Waals surface area contributed by atoms with E-state index < -0.39 is 0 Å². The molecule has 1 amide bonds. The molecule has 0 aromatic rings. The number of amides is 1. The number of carbonyl (C=O) groups is 1. The van der Waals surface area contributed by atoms with E-state index in [0.717, 1.165) is 19.4 Å². The molecule has 0 aliphatic carbocycles. The number of hydrogen-bond donors (Lipinski definition) is 2. The summed E-state index contributed by atoms with van der Waals surface area (Å²) < 4.78 is 5.39. The fraction of sp³-hybridized carbons (Fsp3) is 0.917. The third kappa shape index (κ3) is 4.94. The number of nitrogens with one attached hydrogen (secondary N) is 2. The van der Waals surface area contributed by atoms with Crippen molar-refractivity contribution in [1.82, 2.24) is 10.6 Å². The zero-order valence-electron chi connectivity index (χ0n) is 10.6. The zero-order chi connectivity index (χ0) is 12.0. The topological polar surface area (TPSA) is 50.4 Å². The summed E-state index contributed by atoms with van der Waals surface area (Å²) in [6.07, 6.45) is 1.87. The van der Waals surface area contributed by atoms with E-state index in [1.54, 1.807) is 0 Å². The lowest BCUT2D eigenvalue weighted by atomic mass is 10.0. The highest BCUT2D eigenvalue weighted by Gasteiger charge is 2.22. The lowest BCUT2D eigenvalue weighted by Crippen LogP contribution is -2.49. The monoisotopic (exact) mass is 228 g/mol. The van der Waals surface area contributed by atoms with Gasteiger partial charge in [-0.3, -0.25) is 4.79 Å². The van der Waals surface area contributed by atoms with Crippen molar-refractivity contribution in [1.29, 1.82) is 0 Å². The molecule has 0 aromatic carbocycles. The summed E-state index contributed by atoms with van der Waals surface area (Å²) >= 11 is 0. The first-order valence-electron chi connectivity index (χ1n) is 6.22. The molecule has 0 saturated carbocycles. The first-order valence-corrected chi connectivity index (χ1v) is 6.22. The van der Waals surface area contributed by atoms with Crippen molar-refractivity contribution in [3.63, 3.8) is 0 Å². The van der Waals surface area contributed by atoms with Crippen molar-refractivity contribution in [2.24, 2.45) is 5.92 Å². The minimum Gasteiger partial charge on any atom is -0.366 e. The van der Waals surface area contributed by atoms with Crippen LogP contribution in [0, 0.1) is 5.92 Å². The number of carbonyl (C=O) groups excluding carboxylic acids is 1. The number of rotatable bonds is 5. The summed E-state index contributed by atoms with van der Waals surface area (Å²) in [7, 11) is 0. The normalized spacial score (nSPS) is 23.1. The molecular formula is C12H24N2O2. The van der Waals surface area contributed by atoms with E-state index in [1.165, 1.54) is 0 Å². The largest absolute Gasteiger partial charge is 0.366 e. The SMILES string of the molecule is CC(C)CCC(C)NC(=O)C1CNCCO1. The fourth-order valence-corrected chi connectivity index (χ4v) is 1.73. The summed E-state index contributed by atoms with van der Waals surface area (Å²) in [5, 5.41) is 6.15. The van der Waals surface area contributed by atoms with Crippen LogP contribution in [0.15, 0.2) is 0 Å². The second kappa shape index (κ2) is 6.86. The maximum atomic E-state index is 11.8. The van der Waals surface area contributed by atoms with Gasteiger partial charge in [-0.25, -0.2) is 0 Å². The van der Waals surface area contributed by atoms with E-state index in [2.05, 4.69) is 31.4 Å². The van der Waals surface area contributed by atoms with Gasteiger partial charge >= 0.3 is 0 Å². The van der Waals surface area contributed by atoms with Crippen LogP contribution < -0.4 is 10.6 Å². The van der Waals surface area contributed by atoms with Crippen molar-refractivity contribution in [2.45, 2.75) is 45.8 Å². The van der Waals surface area contributed by atoms with Crippen molar-refractivity contribution < 1.29 is 9.53 Å². The van der Waals surface area contributed by atoms with Gasteiger partial charge in [0, 0.05) is 19.1 Å². The minimum atomic E-state index is -0.310. The van der Waals surface area contributed by atoms with Gasteiger partial charge < -0.3 is 15.4 Å². The molecule has 4 nitrogen and oxygen atoms in total. The maximum absolute atomic E-state index is 11.8. The quantitative estimate of drug-likeness (QED) is 0.735. The van der Waals surface area contributed by atoms with E-state index in [9.17, 15) is 4.79 Å². The Kier molecular flexibility index (Phi) is 5.77. The van der Waals surface area contributed by atoms with Gasteiger partial charge in [0.05, 0.1) is 6.61 Å². The van der Waals surface area contributed by atoms with E-state index in [0.29, 0.717) is 19.1 Å². The van der Waals surface area contributed by atoms with Gasteiger partial charge in [0.15, 0.2) is 0 Å². The molecule has 4 heteroatoms. The smallest absolute Gasteiger partial charge is 0.250 e. The zero-order valence-corrected chi connectivity index (χ0v) is 10.6. The number of ether oxygens (including phenoxy) is 1. The summed E-state index contributed by atoms with van der Waals surface area (Å²) in [6, 6.07) is 0.237. The summed E-state index contributed by atoms with van der Waals surface area (Å²) in [6.45, 7) is 8.54. The standard InChI is InChI=1S/C12H24N2O2/c1-9(2)4-5-10(3)14-12(15)11-8-13-6-7-16-11/h9-11,13H,4-8H2,1-3H3,(H,14,15). The van der Waals surface area contributed by atoms with E-state index in [-0.39, 0.29) is 18.1 Å². The van der Waals surface area contributed by atoms with Crippen molar-refractivity contribution in [3.05, 3.63) is 0 Å². The van der Waals surface area contributed by atoms with Gasteiger partial charge in [0.25, 0.3) is 5.91 Å². The second-order valence-corrected chi connectivity index (χ2v) is 4.94. The average Bonchev–Trinajstić information content (AvgIpc) is 2.27. The average molecular weight is 228 g/mol. The summed E-state index contributed by atoms with van der Waals surface area (Å²) in [5.41, 5.74) is 0. The van der Waals surface area contributed by atoms with E-state index >= 15 is 0 Å². The number of hydrogen-bond acceptors (Lipinski definition) is 3. The lowest BCUT2D eigenvalue weighted by molar-refractivity contribution is -0.134. The predicted molar refractivity (Wildman–Crippen MR) is 64.3 cm³/mol. The molecule has 0 spiro atoms. The van der Waals surface area contributed by atoms with Crippen molar-refractivity contribution in [2.75, 3.05) is 19.7 Å². The van der Waals surface area contributed by atoms with Crippen molar-refractivity contribution in [3.8, 4) is 0 Å². The Bertz CT molecular complexity index is 213. The molecule has 1 fully saturated rings. The second-order valence-electron chi connectivity index (χ2n) is 4.94. The first-order chi connectivity index (χ1) is 7.59. The Morgan fingerprint density at radius 2 is 2.19 bits per heavy atom. The van der Waals surface area contributed by atoms with Gasteiger partial charge in [0.1, 0.15) is 6.10 Å². The lowest BCUT2D eigenvalue weighted by Gasteiger charge is -2.24. The highest BCUT2D eigenvalue weighted by molar-refractivity contribution is 5.81. The minimum absolute atomic E-state index is 0.0171. The van der Waals surface area contributed by atoms with Gasteiger partial charge in [-0.1, -0.05) is 13.8 Å². The van der Waals surface area contributed by atoms with Gasteiger partial charge in [-0.15, -0.1) is 0 Å². The van der Waals surface area contributed by atoms with Gasteiger partial charge in [-0.2, -0.15) is 0 Å². The van der Waals surface area contributed by atoms with Crippen LogP contribution in [0.3, 0.4) is 0 Å². The molecule has 16 heavy (non-hydrogen) atoms. The van der Waals surface area contributed by atoms with Crippen LogP contribution in [0.25, 0.3) is 0 Å². The third-order valence-corrected chi connectivity index (χ3v) is 2.79. The molecule has 94 valence electrons. The molecule has 2 N–H and O–H groups in total. The van der Waals surface area contributed by atoms with Crippen LogP contribution in [0.1, 0.15) is 33.6 Å². The summed E-state index contributed by atoms with van der Waals surface area (Å²) in [4.78, 5) is 11.8. The summed E-state index contributed by atoms with van der Waals surface area (Å²) in [5.74, 6) is 0.704. The third-order valence-electron chi connectivity index (χ3n) is 2.79. The van der Waals surface area contributed by atoms with Crippen LogP contribution >= 0.6 is 0 Å². The molecule has 2 atom stereocenters. The first kappa shape index (κ1) is 13.5. The predicted octanol–water partition coefficient (Wildman–Crippen LogP) is 0.916.